The minimum Gasteiger partial charge on any atom is -0.309 e. The first-order chi connectivity index (χ1) is 27.3. The Morgan fingerprint density at radius 2 is 0.764 bits per heavy atom. The van der Waals surface area contributed by atoms with Crippen LogP contribution in [0.1, 0.15) is 0 Å². The maximum Gasteiger partial charge on any atom is 0.0702 e. The number of nitrogens with zero attached hydrogens (tertiary/aromatic N) is 5. The average molecular weight is 704 g/mol. The summed E-state index contributed by atoms with van der Waals surface area (Å²) in [5, 5.41) is 2.36. The van der Waals surface area contributed by atoms with Crippen LogP contribution in [-0.2, 0) is 0 Å². The van der Waals surface area contributed by atoms with Gasteiger partial charge in [-0.2, -0.15) is 0 Å². The molecule has 0 amide bonds. The Morgan fingerprint density at radius 3 is 1.25 bits per heavy atom. The Bertz CT molecular complexity index is 2830. The zero-order chi connectivity index (χ0) is 36.6. The normalized spacial score (nSPS) is 11.3. The molecule has 0 saturated carbocycles. The number of pyridine rings is 4. The van der Waals surface area contributed by atoms with Crippen molar-refractivity contribution in [1.29, 1.82) is 0 Å². The molecule has 5 aromatic carbocycles. The van der Waals surface area contributed by atoms with Crippen LogP contribution >= 0.6 is 0 Å². The maximum atomic E-state index is 4.81. The van der Waals surface area contributed by atoms with Crippen molar-refractivity contribution < 1.29 is 0 Å². The van der Waals surface area contributed by atoms with E-state index in [1.807, 2.05) is 73.3 Å². The lowest BCUT2D eigenvalue weighted by molar-refractivity contribution is 1.18. The van der Waals surface area contributed by atoms with Crippen molar-refractivity contribution in [1.82, 2.24) is 24.5 Å². The van der Waals surface area contributed by atoms with Crippen LogP contribution in [0.25, 0.3) is 94.8 Å². The van der Waals surface area contributed by atoms with Crippen molar-refractivity contribution in [2.45, 2.75) is 0 Å². The third-order valence-electron chi connectivity index (χ3n) is 10.2. The molecule has 0 aliphatic rings. The SMILES string of the molecule is c1ccc(-n2c3ccccc3c3ccc(-c4cc(-c5ccccn5)cc(-c5ccccn5)c4)c(-c4cc(-c5ccccn5)cc(-c5ccccn5)c4)c32)cc1. The highest BCUT2D eigenvalue weighted by Gasteiger charge is 2.22. The minimum atomic E-state index is 0.897. The fraction of sp³-hybridized carbons (Fsp3) is 0. The van der Waals surface area contributed by atoms with Gasteiger partial charge in [-0.1, -0.05) is 72.8 Å². The number of rotatable bonds is 7. The van der Waals surface area contributed by atoms with E-state index < -0.39 is 0 Å². The van der Waals surface area contributed by atoms with Gasteiger partial charge in [-0.15, -0.1) is 0 Å². The van der Waals surface area contributed by atoms with Gasteiger partial charge in [0.1, 0.15) is 0 Å². The molecule has 5 aromatic heterocycles. The van der Waals surface area contributed by atoms with Crippen molar-refractivity contribution in [3.8, 4) is 73.0 Å². The van der Waals surface area contributed by atoms with Crippen LogP contribution in [0, 0.1) is 0 Å². The number of aromatic nitrogens is 5. The Labute approximate surface area is 318 Å². The van der Waals surface area contributed by atoms with Crippen molar-refractivity contribution in [2.24, 2.45) is 0 Å². The van der Waals surface area contributed by atoms with Gasteiger partial charge >= 0.3 is 0 Å². The van der Waals surface area contributed by atoms with Crippen LogP contribution in [0.4, 0.5) is 0 Å². The Morgan fingerprint density at radius 1 is 0.327 bits per heavy atom. The molecule has 0 fully saturated rings. The van der Waals surface area contributed by atoms with Crippen LogP contribution in [-0.4, -0.2) is 24.5 Å². The van der Waals surface area contributed by atoms with Crippen LogP contribution in [0.15, 0.2) is 201 Å². The molecule has 55 heavy (non-hydrogen) atoms. The predicted octanol–water partition coefficient (Wildman–Crippen LogP) is 12.4. The van der Waals surface area contributed by atoms with E-state index in [1.54, 1.807) is 0 Å². The van der Waals surface area contributed by atoms with Gasteiger partial charge in [-0.05, 0) is 120 Å². The Balaban J connectivity index is 1.36. The highest BCUT2D eigenvalue weighted by Crippen LogP contribution is 2.46. The van der Waals surface area contributed by atoms with Gasteiger partial charge in [-0.25, -0.2) is 0 Å². The average Bonchev–Trinajstić information content (AvgIpc) is 3.61. The lowest BCUT2D eigenvalue weighted by Crippen LogP contribution is -1.98. The van der Waals surface area contributed by atoms with E-state index in [1.165, 1.54) is 10.8 Å². The van der Waals surface area contributed by atoms with E-state index in [-0.39, 0.29) is 0 Å². The fourth-order valence-corrected chi connectivity index (χ4v) is 7.72. The van der Waals surface area contributed by atoms with E-state index in [0.29, 0.717) is 0 Å². The van der Waals surface area contributed by atoms with Crippen molar-refractivity contribution in [3.05, 3.63) is 201 Å². The van der Waals surface area contributed by atoms with Gasteiger partial charge in [-0.3, -0.25) is 19.9 Å². The number of fused-ring (bicyclic) bond motifs is 3. The molecule has 10 aromatic rings. The molecule has 0 saturated heterocycles. The summed E-state index contributed by atoms with van der Waals surface area (Å²) < 4.78 is 2.42. The zero-order valence-electron chi connectivity index (χ0n) is 29.8. The summed E-state index contributed by atoms with van der Waals surface area (Å²) in [6, 6.07) is 61.6. The van der Waals surface area contributed by atoms with Crippen LogP contribution in [0.2, 0.25) is 0 Å². The first-order valence-electron chi connectivity index (χ1n) is 18.4. The van der Waals surface area contributed by atoms with Gasteiger partial charge in [0.2, 0.25) is 0 Å². The predicted molar refractivity (Wildman–Crippen MR) is 225 cm³/mol. The zero-order valence-corrected chi connectivity index (χ0v) is 29.8. The van der Waals surface area contributed by atoms with Gasteiger partial charge in [0.05, 0.1) is 33.8 Å². The summed E-state index contributed by atoms with van der Waals surface area (Å²) >= 11 is 0. The van der Waals surface area contributed by atoms with E-state index in [0.717, 1.165) is 84.0 Å². The number of benzene rings is 5. The second kappa shape index (κ2) is 13.8. The van der Waals surface area contributed by atoms with E-state index >= 15 is 0 Å². The summed E-state index contributed by atoms with van der Waals surface area (Å²) in [6.45, 7) is 0. The van der Waals surface area contributed by atoms with Crippen molar-refractivity contribution >= 4 is 21.8 Å². The molecule has 5 nitrogen and oxygen atoms in total. The van der Waals surface area contributed by atoms with Crippen molar-refractivity contribution in [2.75, 3.05) is 0 Å². The molecule has 258 valence electrons. The fourth-order valence-electron chi connectivity index (χ4n) is 7.72. The van der Waals surface area contributed by atoms with Crippen LogP contribution in [0.3, 0.4) is 0 Å². The minimum absolute atomic E-state index is 0.897. The lowest BCUT2D eigenvalue weighted by Gasteiger charge is -2.19. The third-order valence-corrected chi connectivity index (χ3v) is 10.2. The summed E-state index contributed by atoms with van der Waals surface area (Å²) in [5.41, 5.74) is 15.3. The second-order valence-electron chi connectivity index (χ2n) is 13.5. The molecule has 0 aliphatic carbocycles. The van der Waals surface area contributed by atoms with Gasteiger partial charge < -0.3 is 4.57 Å². The van der Waals surface area contributed by atoms with E-state index in [9.17, 15) is 0 Å². The van der Waals surface area contributed by atoms with Crippen LogP contribution in [0.5, 0.6) is 0 Å². The molecular weight excluding hydrogens is 671 g/mol. The molecule has 10 rings (SSSR count). The first kappa shape index (κ1) is 32.2. The Kier molecular flexibility index (Phi) is 8.08. The highest BCUT2D eigenvalue weighted by atomic mass is 15.0. The van der Waals surface area contributed by atoms with E-state index in [4.69, 9.17) is 19.9 Å². The lowest BCUT2D eigenvalue weighted by atomic mass is 9.87. The molecule has 5 heterocycles. The molecule has 0 aliphatic heterocycles. The number of hydrogen-bond acceptors (Lipinski definition) is 4. The molecule has 0 spiro atoms. The largest absolute Gasteiger partial charge is 0.309 e. The van der Waals surface area contributed by atoms with Gasteiger partial charge in [0.25, 0.3) is 0 Å². The quantitative estimate of drug-likeness (QED) is 0.166. The first-order valence-corrected chi connectivity index (χ1v) is 18.4. The summed E-state index contributed by atoms with van der Waals surface area (Å²) in [5.74, 6) is 0. The highest BCUT2D eigenvalue weighted by molar-refractivity contribution is 6.17. The standard InChI is InChI=1S/C50H33N5/c1-2-14-40(15-3-1)55-48-21-5-4-16-42(48)43-23-22-41(34-28-35(44-17-6-10-24-51-44)30-36(29-34)45-18-7-11-25-52-45)49(50(43)55)39-32-37(46-19-8-12-26-53-46)31-38(33-39)47-20-9-13-27-54-47/h1-33H. The molecule has 0 N–H and O–H groups in total. The molecule has 0 radical (unpaired) electrons. The topological polar surface area (TPSA) is 56.5 Å². The molecule has 5 heteroatoms. The van der Waals surface area contributed by atoms with E-state index in [2.05, 4.69) is 132 Å². The maximum absolute atomic E-state index is 4.81. The number of para-hydroxylation sites is 2. The second-order valence-corrected chi connectivity index (χ2v) is 13.5. The monoisotopic (exact) mass is 703 g/mol. The molecule has 0 unspecified atom stereocenters. The Hall–Kier alpha value is -7.50. The molecule has 0 bridgehead atoms. The van der Waals surface area contributed by atoms with Crippen LogP contribution < -0.4 is 0 Å². The van der Waals surface area contributed by atoms with Crippen molar-refractivity contribution in [3.63, 3.8) is 0 Å². The molecule has 0 atom stereocenters. The summed E-state index contributed by atoms with van der Waals surface area (Å²) in [7, 11) is 0. The number of hydrogen-bond donors (Lipinski definition) is 0. The summed E-state index contributed by atoms with van der Waals surface area (Å²) in [6.07, 6.45) is 7.40. The van der Waals surface area contributed by atoms with Gasteiger partial charge in [0.15, 0.2) is 0 Å². The third kappa shape index (κ3) is 5.94. The smallest absolute Gasteiger partial charge is 0.0702 e. The molecular formula is C50H33N5. The summed E-state index contributed by atoms with van der Waals surface area (Å²) in [4.78, 5) is 19.2. The van der Waals surface area contributed by atoms with Gasteiger partial charge in [0, 0.05) is 69.1 Å².